The number of aryl methyl sites for hydroxylation is 1. The van der Waals surface area contributed by atoms with Crippen molar-refractivity contribution in [3.05, 3.63) is 59.1 Å². The van der Waals surface area contributed by atoms with Crippen molar-refractivity contribution in [2.24, 2.45) is 0 Å². The summed E-state index contributed by atoms with van der Waals surface area (Å²) in [5.41, 5.74) is 2.00. The summed E-state index contributed by atoms with van der Waals surface area (Å²) in [7, 11) is 0. The maximum Gasteiger partial charge on any atom is 0.265 e. The van der Waals surface area contributed by atoms with Crippen LogP contribution in [0.15, 0.2) is 48.5 Å². The molecule has 0 saturated heterocycles. The minimum atomic E-state index is -0.578. The summed E-state index contributed by atoms with van der Waals surface area (Å²) in [6.07, 6.45) is 0.955. The number of carbonyl (C=O) groups excluding carboxylic acids is 1. The summed E-state index contributed by atoms with van der Waals surface area (Å²) < 4.78 is 5.73. The van der Waals surface area contributed by atoms with Crippen molar-refractivity contribution < 1.29 is 9.53 Å². The van der Waals surface area contributed by atoms with E-state index in [9.17, 15) is 4.79 Å². The molecule has 0 radical (unpaired) electrons. The molecule has 1 N–H and O–H groups in total. The smallest absolute Gasteiger partial charge is 0.265 e. The van der Waals surface area contributed by atoms with E-state index in [1.807, 2.05) is 43.3 Å². The van der Waals surface area contributed by atoms with Gasteiger partial charge in [0.1, 0.15) is 5.75 Å². The van der Waals surface area contributed by atoms with Crippen LogP contribution in [-0.4, -0.2) is 12.0 Å². The van der Waals surface area contributed by atoms with Crippen LogP contribution in [0.1, 0.15) is 25.8 Å². The van der Waals surface area contributed by atoms with Crippen LogP contribution >= 0.6 is 11.6 Å². The van der Waals surface area contributed by atoms with Gasteiger partial charge in [0.25, 0.3) is 5.91 Å². The van der Waals surface area contributed by atoms with Gasteiger partial charge in [0.05, 0.1) is 5.02 Å². The second kappa shape index (κ2) is 7.85. The van der Waals surface area contributed by atoms with Crippen LogP contribution in [0.5, 0.6) is 5.75 Å². The molecule has 2 aromatic carbocycles. The van der Waals surface area contributed by atoms with E-state index in [1.54, 1.807) is 12.1 Å². The van der Waals surface area contributed by atoms with Crippen molar-refractivity contribution >= 4 is 23.2 Å². The third-order valence-electron chi connectivity index (χ3n) is 3.40. The van der Waals surface area contributed by atoms with Crippen molar-refractivity contribution in [1.82, 2.24) is 0 Å². The normalized spacial score (nSPS) is 11.8. The molecule has 0 aromatic heterocycles. The lowest BCUT2D eigenvalue weighted by Gasteiger charge is -2.18. The van der Waals surface area contributed by atoms with E-state index in [0.717, 1.165) is 12.1 Å². The molecular formula is C18H20ClNO2. The zero-order valence-corrected chi connectivity index (χ0v) is 13.6. The fraction of sp³-hybridized carbons (Fsp3) is 0.278. The zero-order chi connectivity index (χ0) is 15.9. The Morgan fingerprint density at radius 3 is 2.41 bits per heavy atom. The largest absolute Gasteiger partial charge is 0.479 e. The molecule has 22 heavy (non-hydrogen) atoms. The molecule has 2 aromatic rings. The number of hydrogen-bond donors (Lipinski definition) is 1. The van der Waals surface area contributed by atoms with Crippen molar-refractivity contribution in [3.8, 4) is 5.75 Å². The first kappa shape index (κ1) is 16.4. The van der Waals surface area contributed by atoms with E-state index in [1.165, 1.54) is 5.56 Å². The van der Waals surface area contributed by atoms with E-state index in [-0.39, 0.29) is 5.91 Å². The Labute approximate surface area is 136 Å². The van der Waals surface area contributed by atoms with Crippen LogP contribution in [0.2, 0.25) is 5.02 Å². The number of carbonyl (C=O) groups is 1. The number of anilines is 1. The number of nitrogens with one attached hydrogen (secondary N) is 1. The molecule has 0 spiro atoms. The number of hydrogen-bond acceptors (Lipinski definition) is 2. The van der Waals surface area contributed by atoms with Gasteiger partial charge in [-0.15, -0.1) is 0 Å². The minimum Gasteiger partial charge on any atom is -0.479 e. The number of halogens is 1. The van der Waals surface area contributed by atoms with Crippen molar-refractivity contribution in [3.63, 3.8) is 0 Å². The van der Waals surface area contributed by atoms with Crippen LogP contribution in [0.25, 0.3) is 0 Å². The Morgan fingerprint density at radius 1 is 1.14 bits per heavy atom. The average molecular weight is 318 g/mol. The highest BCUT2D eigenvalue weighted by molar-refractivity contribution is 6.32. The van der Waals surface area contributed by atoms with Gasteiger partial charge in [0.15, 0.2) is 6.10 Å². The van der Waals surface area contributed by atoms with Gasteiger partial charge in [-0.2, -0.15) is 0 Å². The van der Waals surface area contributed by atoms with Crippen LogP contribution < -0.4 is 10.1 Å². The Morgan fingerprint density at radius 2 is 1.82 bits per heavy atom. The molecule has 4 heteroatoms. The number of ether oxygens (including phenoxy) is 1. The van der Waals surface area contributed by atoms with E-state index in [0.29, 0.717) is 17.2 Å². The topological polar surface area (TPSA) is 38.3 Å². The highest BCUT2D eigenvalue weighted by Gasteiger charge is 2.19. The van der Waals surface area contributed by atoms with Gasteiger partial charge in [-0.05, 0) is 42.7 Å². The van der Waals surface area contributed by atoms with Gasteiger partial charge in [-0.1, -0.05) is 49.7 Å². The number of para-hydroxylation sites is 1. The molecule has 0 heterocycles. The molecule has 0 aliphatic rings. The van der Waals surface area contributed by atoms with Crippen LogP contribution in [0, 0.1) is 0 Å². The Kier molecular flexibility index (Phi) is 5.84. The molecular weight excluding hydrogens is 298 g/mol. The molecule has 0 fully saturated rings. The first-order valence-corrected chi connectivity index (χ1v) is 7.82. The third-order valence-corrected chi connectivity index (χ3v) is 3.71. The molecule has 116 valence electrons. The summed E-state index contributed by atoms with van der Waals surface area (Å²) in [5, 5.41) is 3.38. The Hall–Kier alpha value is -2.00. The molecule has 0 bridgehead atoms. The average Bonchev–Trinajstić information content (AvgIpc) is 2.54. The highest BCUT2D eigenvalue weighted by Crippen LogP contribution is 2.25. The van der Waals surface area contributed by atoms with Crippen molar-refractivity contribution in [1.29, 1.82) is 0 Å². The van der Waals surface area contributed by atoms with E-state index >= 15 is 0 Å². The number of rotatable bonds is 6. The zero-order valence-electron chi connectivity index (χ0n) is 12.8. The lowest BCUT2D eigenvalue weighted by atomic mass is 10.1. The quantitative estimate of drug-likeness (QED) is 0.838. The molecule has 0 unspecified atom stereocenters. The molecule has 0 saturated carbocycles. The van der Waals surface area contributed by atoms with Gasteiger partial charge < -0.3 is 10.1 Å². The third kappa shape index (κ3) is 4.25. The first-order valence-electron chi connectivity index (χ1n) is 7.45. The van der Waals surface area contributed by atoms with E-state index < -0.39 is 6.10 Å². The van der Waals surface area contributed by atoms with Gasteiger partial charge in [-0.3, -0.25) is 4.79 Å². The summed E-state index contributed by atoms with van der Waals surface area (Å²) in [6, 6.07) is 15.0. The molecule has 3 nitrogen and oxygen atoms in total. The van der Waals surface area contributed by atoms with Gasteiger partial charge in [-0.25, -0.2) is 0 Å². The molecule has 2 rings (SSSR count). The monoisotopic (exact) mass is 317 g/mol. The molecule has 0 aliphatic carbocycles. The lowest BCUT2D eigenvalue weighted by molar-refractivity contribution is -0.122. The predicted molar refractivity (Wildman–Crippen MR) is 90.6 cm³/mol. The maximum absolute atomic E-state index is 12.3. The fourth-order valence-corrected chi connectivity index (χ4v) is 2.24. The van der Waals surface area contributed by atoms with E-state index in [2.05, 4.69) is 12.2 Å². The molecule has 0 aliphatic heterocycles. The van der Waals surface area contributed by atoms with Crippen molar-refractivity contribution in [2.45, 2.75) is 32.8 Å². The van der Waals surface area contributed by atoms with Crippen LogP contribution in [-0.2, 0) is 11.2 Å². The summed E-state index contributed by atoms with van der Waals surface area (Å²) >= 11 is 6.07. The highest BCUT2D eigenvalue weighted by atomic mass is 35.5. The molecule has 1 atom stereocenters. The number of benzene rings is 2. The van der Waals surface area contributed by atoms with Crippen LogP contribution in [0.4, 0.5) is 5.69 Å². The first-order chi connectivity index (χ1) is 10.6. The predicted octanol–water partition coefficient (Wildman–Crippen LogP) is 4.70. The van der Waals surface area contributed by atoms with Crippen molar-refractivity contribution in [2.75, 3.05) is 5.32 Å². The van der Waals surface area contributed by atoms with Gasteiger partial charge >= 0.3 is 0 Å². The maximum atomic E-state index is 12.3. The lowest BCUT2D eigenvalue weighted by Crippen LogP contribution is -2.32. The summed E-state index contributed by atoms with van der Waals surface area (Å²) in [6.45, 7) is 4.00. The minimum absolute atomic E-state index is 0.174. The van der Waals surface area contributed by atoms with Crippen LogP contribution in [0.3, 0.4) is 0 Å². The Bertz CT molecular complexity index is 625. The second-order valence-corrected chi connectivity index (χ2v) is 5.39. The SMILES string of the molecule is CCc1ccc(NC(=O)[C@H](CC)Oc2ccccc2Cl)cc1. The van der Waals surface area contributed by atoms with Gasteiger partial charge in [0.2, 0.25) is 0 Å². The molecule has 1 amide bonds. The number of amides is 1. The summed E-state index contributed by atoms with van der Waals surface area (Å²) in [4.78, 5) is 12.3. The van der Waals surface area contributed by atoms with E-state index in [4.69, 9.17) is 16.3 Å². The fourth-order valence-electron chi connectivity index (χ4n) is 2.06. The standard InChI is InChI=1S/C18H20ClNO2/c1-3-13-9-11-14(12-10-13)20-18(21)16(4-2)22-17-8-6-5-7-15(17)19/h5-12,16H,3-4H2,1-2H3,(H,20,21)/t16-/m0/s1. The van der Waals surface area contributed by atoms with Gasteiger partial charge in [0, 0.05) is 5.69 Å². The second-order valence-electron chi connectivity index (χ2n) is 4.98. The Balaban J connectivity index is 2.03. The summed E-state index contributed by atoms with van der Waals surface area (Å²) in [5.74, 6) is 0.346.